The molecule has 0 spiro atoms. The molecule has 2 aromatic heterocycles. The number of nitrogens with zero attached hydrogens (tertiary/aromatic N) is 3. The number of halogens is 4. The number of hydrogen-bond acceptors (Lipinski definition) is 6. The van der Waals surface area contributed by atoms with Crippen LogP contribution in [0, 0.1) is 0 Å². The Morgan fingerprint density at radius 3 is 2.60 bits per heavy atom. The van der Waals surface area contributed by atoms with Crippen LogP contribution in [0.5, 0.6) is 0 Å². The van der Waals surface area contributed by atoms with Crippen LogP contribution in [0.2, 0.25) is 0 Å². The topological polar surface area (TPSA) is 118 Å². The minimum Gasteiger partial charge on any atom is -0.391 e. The monoisotopic (exact) mass is 419 g/mol. The van der Waals surface area contributed by atoms with Gasteiger partial charge < -0.3 is 21.5 Å². The Kier molecular flexibility index (Phi) is 4.23. The lowest BCUT2D eigenvalue weighted by Gasteiger charge is -2.23. The van der Waals surface area contributed by atoms with Crippen LogP contribution in [0.25, 0.3) is 11.0 Å². The van der Waals surface area contributed by atoms with Gasteiger partial charge in [-0.2, -0.15) is 13.2 Å². The maximum Gasteiger partial charge on any atom is 0.434 e. The second-order valence-electron chi connectivity index (χ2n) is 5.67. The summed E-state index contributed by atoms with van der Waals surface area (Å²) in [6.07, 6.45) is -4.98. The number of aliphatic hydroxyl groups excluding tert-OH is 1. The predicted octanol–water partition coefficient (Wildman–Crippen LogP) is 1.66. The van der Waals surface area contributed by atoms with Gasteiger partial charge in [0.25, 0.3) is 5.91 Å². The number of aliphatic hydroxyl groups is 1. The average Bonchev–Trinajstić information content (AvgIpc) is 2.91. The van der Waals surface area contributed by atoms with Crippen molar-refractivity contribution in [1.82, 2.24) is 9.97 Å². The first-order chi connectivity index (χ1) is 11.6. The quantitative estimate of drug-likeness (QED) is 0.680. The summed E-state index contributed by atoms with van der Waals surface area (Å²) in [5.74, 6) is -1.15. The Morgan fingerprint density at radius 1 is 1.40 bits per heavy atom. The molecule has 1 atom stereocenters. The Balaban J connectivity index is 2.36. The Labute approximate surface area is 147 Å². The zero-order chi connectivity index (χ0) is 18.5. The summed E-state index contributed by atoms with van der Waals surface area (Å²) in [4.78, 5) is 20.5. The number of carbonyl (C=O) groups excluding carboxylic acids is 1. The van der Waals surface area contributed by atoms with E-state index in [1.54, 1.807) is 4.90 Å². The molecule has 1 fully saturated rings. The van der Waals surface area contributed by atoms with Crippen LogP contribution in [0.4, 0.5) is 24.7 Å². The first-order valence-electron chi connectivity index (χ1n) is 7.19. The van der Waals surface area contributed by atoms with Gasteiger partial charge in [-0.05, 0) is 28.4 Å². The number of amides is 1. The maximum atomic E-state index is 13.3. The fourth-order valence-corrected chi connectivity index (χ4v) is 3.58. The van der Waals surface area contributed by atoms with Crippen molar-refractivity contribution in [2.45, 2.75) is 18.7 Å². The van der Waals surface area contributed by atoms with E-state index in [1.165, 1.54) is 6.07 Å². The van der Waals surface area contributed by atoms with Crippen molar-refractivity contribution >= 4 is 44.4 Å². The number of rotatable bonds is 2. The molecule has 0 unspecified atom stereocenters. The number of carbonyl (C=O) groups is 1. The molecule has 11 heteroatoms. The van der Waals surface area contributed by atoms with E-state index in [1.807, 2.05) is 0 Å². The molecule has 1 aliphatic heterocycles. The van der Waals surface area contributed by atoms with Gasteiger partial charge in [-0.25, -0.2) is 9.97 Å². The number of nitrogens with two attached hydrogens (primary N) is 2. The van der Waals surface area contributed by atoms with Gasteiger partial charge in [0, 0.05) is 18.5 Å². The summed E-state index contributed by atoms with van der Waals surface area (Å²) >= 11 is 2.97. The minimum atomic E-state index is -4.72. The van der Waals surface area contributed by atoms with Gasteiger partial charge in [0.05, 0.1) is 21.8 Å². The molecule has 2 aromatic rings. The number of fused-ring (bicyclic) bond motifs is 1. The molecule has 0 bridgehead atoms. The van der Waals surface area contributed by atoms with Crippen LogP contribution < -0.4 is 16.4 Å². The van der Waals surface area contributed by atoms with Crippen LogP contribution in [-0.4, -0.2) is 40.2 Å². The van der Waals surface area contributed by atoms with Gasteiger partial charge in [0.1, 0.15) is 5.82 Å². The van der Waals surface area contributed by atoms with Crippen molar-refractivity contribution in [3.8, 4) is 0 Å². The predicted molar refractivity (Wildman–Crippen MR) is 88.0 cm³/mol. The van der Waals surface area contributed by atoms with Crippen molar-refractivity contribution in [1.29, 1.82) is 0 Å². The highest BCUT2D eigenvalue weighted by atomic mass is 79.9. The van der Waals surface area contributed by atoms with E-state index in [0.29, 0.717) is 13.0 Å². The first kappa shape index (κ1) is 17.7. The van der Waals surface area contributed by atoms with E-state index in [-0.39, 0.29) is 39.1 Å². The molecular weight excluding hydrogens is 407 g/mol. The zero-order valence-corrected chi connectivity index (χ0v) is 14.2. The fraction of sp³-hybridized carbons (Fsp3) is 0.357. The molecule has 3 heterocycles. The van der Waals surface area contributed by atoms with Gasteiger partial charge in [-0.1, -0.05) is 0 Å². The van der Waals surface area contributed by atoms with Crippen LogP contribution in [-0.2, 0) is 6.18 Å². The number of hydrogen-bond donors (Lipinski definition) is 3. The van der Waals surface area contributed by atoms with Crippen molar-refractivity contribution in [2.75, 3.05) is 23.7 Å². The molecule has 0 aliphatic carbocycles. The van der Waals surface area contributed by atoms with E-state index >= 15 is 0 Å². The number of β-amino-alcohol motifs (C(OH)–C–C–N with tert-alkyl or cyclic N) is 1. The lowest BCUT2D eigenvalue weighted by Crippen LogP contribution is -2.24. The van der Waals surface area contributed by atoms with E-state index in [2.05, 4.69) is 25.9 Å². The standard InChI is InChI=1S/C14H13BrF3N5O2/c15-8-9(23-2-1-5(24)4-23)6-3-7(12(20)25)11(19)22-13(6)21-10(8)14(16,17)18/h3,5,24H,1-2,4H2,(H2,20,25)(H2,19,21,22)/t5-/m1/s1. The molecule has 1 amide bonds. The van der Waals surface area contributed by atoms with Crippen molar-refractivity contribution in [3.63, 3.8) is 0 Å². The molecule has 134 valence electrons. The maximum absolute atomic E-state index is 13.3. The van der Waals surface area contributed by atoms with Crippen LogP contribution in [0.3, 0.4) is 0 Å². The van der Waals surface area contributed by atoms with E-state index in [0.717, 1.165) is 0 Å². The van der Waals surface area contributed by atoms with Crippen LogP contribution in [0.1, 0.15) is 22.5 Å². The van der Waals surface area contributed by atoms with Crippen molar-refractivity contribution < 1.29 is 23.1 Å². The first-order valence-corrected chi connectivity index (χ1v) is 7.98. The fourth-order valence-electron chi connectivity index (χ4n) is 2.80. The second-order valence-corrected chi connectivity index (χ2v) is 6.46. The summed E-state index contributed by atoms with van der Waals surface area (Å²) in [7, 11) is 0. The van der Waals surface area contributed by atoms with Gasteiger partial charge in [-0.3, -0.25) is 4.79 Å². The van der Waals surface area contributed by atoms with E-state index < -0.39 is 23.9 Å². The molecule has 1 saturated heterocycles. The number of anilines is 2. The van der Waals surface area contributed by atoms with Crippen molar-refractivity contribution in [2.24, 2.45) is 5.73 Å². The summed E-state index contributed by atoms with van der Waals surface area (Å²) in [6.45, 7) is 0.484. The highest BCUT2D eigenvalue weighted by molar-refractivity contribution is 9.10. The third kappa shape index (κ3) is 3.09. The van der Waals surface area contributed by atoms with Crippen LogP contribution >= 0.6 is 15.9 Å². The summed E-state index contributed by atoms with van der Waals surface area (Å²) in [5, 5.41) is 9.93. The van der Waals surface area contributed by atoms with Gasteiger partial charge in [0.15, 0.2) is 11.3 Å². The third-order valence-corrected chi connectivity index (χ3v) is 4.69. The Morgan fingerprint density at radius 2 is 2.08 bits per heavy atom. The van der Waals surface area contributed by atoms with Gasteiger partial charge in [0.2, 0.25) is 0 Å². The minimum absolute atomic E-state index is 0.109. The number of primary amides is 1. The van der Waals surface area contributed by atoms with E-state index in [4.69, 9.17) is 11.5 Å². The van der Waals surface area contributed by atoms with Gasteiger partial charge in [-0.15, -0.1) is 0 Å². The smallest absolute Gasteiger partial charge is 0.391 e. The molecule has 0 saturated carbocycles. The summed E-state index contributed by atoms with van der Waals surface area (Å²) < 4.78 is 39.7. The largest absolute Gasteiger partial charge is 0.434 e. The Hall–Kier alpha value is -2.14. The second kappa shape index (κ2) is 5.99. The molecule has 25 heavy (non-hydrogen) atoms. The molecular formula is C14H13BrF3N5O2. The number of nitrogen functional groups attached to an aromatic ring is 1. The molecule has 0 aromatic carbocycles. The number of aromatic nitrogens is 2. The molecule has 1 aliphatic rings. The summed E-state index contributed by atoms with van der Waals surface area (Å²) in [5.41, 5.74) is 9.48. The van der Waals surface area contributed by atoms with Gasteiger partial charge >= 0.3 is 6.18 Å². The number of pyridine rings is 2. The molecule has 5 N–H and O–H groups in total. The van der Waals surface area contributed by atoms with Crippen LogP contribution in [0.15, 0.2) is 10.5 Å². The normalized spacial score (nSPS) is 18.1. The highest BCUT2D eigenvalue weighted by Gasteiger charge is 2.39. The van der Waals surface area contributed by atoms with E-state index in [9.17, 15) is 23.1 Å². The molecule has 0 radical (unpaired) electrons. The SMILES string of the molecule is NC(=O)c1cc2c(N3CC[C@@H](O)C3)c(Br)c(C(F)(F)F)nc2nc1N. The zero-order valence-electron chi connectivity index (χ0n) is 12.6. The number of alkyl halides is 3. The lowest BCUT2D eigenvalue weighted by atomic mass is 10.1. The lowest BCUT2D eigenvalue weighted by molar-refractivity contribution is -0.141. The molecule has 3 rings (SSSR count). The highest BCUT2D eigenvalue weighted by Crippen LogP contribution is 2.43. The average molecular weight is 420 g/mol. The van der Waals surface area contributed by atoms with Crippen molar-refractivity contribution in [3.05, 3.63) is 21.8 Å². The molecule has 7 nitrogen and oxygen atoms in total. The third-order valence-electron chi connectivity index (χ3n) is 3.93. The summed E-state index contributed by atoms with van der Waals surface area (Å²) in [6, 6.07) is 1.28. The Bertz CT molecular complexity index is 874.